The van der Waals surface area contributed by atoms with E-state index in [1.807, 2.05) is 12.3 Å². The van der Waals surface area contributed by atoms with Gasteiger partial charge in [-0.25, -0.2) is 0 Å². The number of nitrogens with zero attached hydrogens (tertiary/aromatic N) is 1. The van der Waals surface area contributed by atoms with Gasteiger partial charge < -0.3 is 0 Å². The van der Waals surface area contributed by atoms with E-state index in [1.165, 1.54) is 28.5 Å². The highest BCUT2D eigenvalue weighted by Crippen LogP contribution is 2.22. The molecule has 1 aromatic heterocycles. The zero-order chi connectivity index (χ0) is 10.7. The number of benzene rings is 1. The predicted molar refractivity (Wildman–Crippen MR) is 65.1 cm³/mol. The summed E-state index contributed by atoms with van der Waals surface area (Å²) in [5.74, 6) is 0. The summed E-state index contributed by atoms with van der Waals surface area (Å²) in [4.78, 5) is 4.51. The predicted octanol–water partition coefficient (Wildman–Crippen LogP) is 3.75. The van der Waals surface area contributed by atoms with Crippen LogP contribution in [0.1, 0.15) is 31.4 Å². The van der Waals surface area contributed by atoms with E-state index in [2.05, 4.69) is 37.0 Å². The molecule has 15 heavy (non-hydrogen) atoms. The third kappa shape index (κ3) is 1.87. The average molecular weight is 199 g/mol. The van der Waals surface area contributed by atoms with Gasteiger partial charge in [-0.2, -0.15) is 0 Å². The number of fused-ring (bicyclic) bond motifs is 1. The summed E-state index contributed by atoms with van der Waals surface area (Å²) >= 11 is 0. The Morgan fingerprint density at radius 2 is 2.00 bits per heavy atom. The molecule has 0 saturated heterocycles. The molecule has 0 fully saturated rings. The van der Waals surface area contributed by atoms with Crippen LogP contribution in [0, 0.1) is 0 Å². The third-order valence-electron chi connectivity index (χ3n) is 2.86. The Hall–Kier alpha value is -1.37. The Balaban J connectivity index is 2.67. The number of aromatic nitrogens is 1. The van der Waals surface area contributed by atoms with Crippen molar-refractivity contribution in [1.29, 1.82) is 0 Å². The van der Waals surface area contributed by atoms with Crippen molar-refractivity contribution in [2.24, 2.45) is 0 Å². The van der Waals surface area contributed by atoms with E-state index >= 15 is 0 Å². The lowest BCUT2D eigenvalue weighted by molar-refractivity contribution is 0.905. The van der Waals surface area contributed by atoms with Crippen LogP contribution in [0.2, 0.25) is 0 Å². The lowest BCUT2D eigenvalue weighted by Gasteiger charge is -2.09. The topological polar surface area (TPSA) is 12.9 Å². The minimum Gasteiger partial charge on any atom is -0.256 e. The minimum absolute atomic E-state index is 1.10. The number of pyridine rings is 1. The smallest absolute Gasteiger partial charge is 0.0736 e. The molecule has 2 aromatic rings. The number of rotatable bonds is 3. The SMILES string of the molecule is CCCc1c(CC)ccc2cccnc12. The Labute approximate surface area is 91.2 Å². The van der Waals surface area contributed by atoms with Gasteiger partial charge in [-0.15, -0.1) is 0 Å². The number of hydrogen-bond acceptors (Lipinski definition) is 1. The first-order valence-electron chi connectivity index (χ1n) is 5.72. The summed E-state index contributed by atoms with van der Waals surface area (Å²) in [5.41, 5.74) is 4.08. The standard InChI is InChI=1S/C14H17N/c1-3-6-13-11(4-2)8-9-12-7-5-10-15-14(12)13/h5,7-10H,3-4,6H2,1-2H3. The van der Waals surface area contributed by atoms with Crippen molar-refractivity contribution in [1.82, 2.24) is 4.98 Å². The zero-order valence-corrected chi connectivity index (χ0v) is 9.46. The van der Waals surface area contributed by atoms with Gasteiger partial charge in [-0.05, 0) is 30.0 Å². The molecule has 0 saturated carbocycles. The molecule has 0 N–H and O–H groups in total. The van der Waals surface area contributed by atoms with Crippen LogP contribution in [0.5, 0.6) is 0 Å². The zero-order valence-electron chi connectivity index (χ0n) is 9.46. The van der Waals surface area contributed by atoms with E-state index in [0.29, 0.717) is 0 Å². The highest BCUT2D eigenvalue weighted by Gasteiger charge is 2.05. The molecule has 1 heterocycles. The van der Waals surface area contributed by atoms with Crippen molar-refractivity contribution in [2.75, 3.05) is 0 Å². The van der Waals surface area contributed by atoms with Crippen molar-refractivity contribution in [3.8, 4) is 0 Å². The van der Waals surface area contributed by atoms with Crippen LogP contribution in [0.15, 0.2) is 30.5 Å². The highest BCUT2D eigenvalue weighted by molar-refractivity contribution is 5.82. The second-order valence-electron chi connectivity index (χ2n) is 3.88. The van der Waals surface area contributed by atoms with Crippen molar-refractivity contribution in [2.45, 2.75) is 33.1 Å². The molecule has 0 bridgehead atoms. The first-order chi connectivity index (χ1) is 7.36. The van der Waals surface area contributed by atoms with Gasteiger partial charge in [0, 0.05) is 11.6 Å². The summed E-state index contributed by atoms with van der Waals surface area (Å²) in [6, 6.07) is 8.57. The molecule has 1 aromatic carbocycles. The third-order valence-corrected chi connectivity index (χ3v) is 2.86. The second-order valence-corrected chi connectivity index (χ2v) is 3.88. The largest absolute Gasteiger partial charge is 0.256 e. The van der Waals surface area contributed by atoms with Gasteiger partial charge in [-0.1, -0.05) is 38.5 Å². The van der Waals surface area contributed by atoms with E-state index in [4.69, 9.17) is 0 Å². The molecule has 78 valence electrons. The van der Waals surface area contributed by atoms with E-state index in [1.54, 1.807) is 0 Å². The van der Waals surface area contributed by atoms with Crippen LogP contribution >= 0.6 is 0 Å². The van der Waals surface area contributed by atoms with Gasteiger partial charge in [0.05, 0.1) is 5.52 Å². The molecule has 0 unspecified atom stereocenters. The van der Waals surface area contributed by atoms with Crippen LogP contribution < -0.4 is 0 Å². The van der Waals surface area contributed by atoms with E-state index in [-0.39, 0.29) is 0 Å². The van der Waals surface area contributed by atoms with E-state index < -0.39 is 0 Å². The lowest BCUT2D eigenvalue weighted by atomic mass is 9.98. The van der Waals surface area contributed by atoms with Crippen molar-refractivity contribution in [3.63, 3.8) is 0 Å². The van der Waals surface area contributed by atoms with Crippen LogP contribution in [0.25, 0.3) is 10.9 Å². The van der Waals surface area contributed by atoms with Crippen LogP contribution in [0.3, 0.4) is 0 Å². The van der Waals surface area contributed by atoms with Gasteiger partial charge >= 0.3 is 0 Å². The fourth-order valence-electron chi connectivity index (χ4n) is 2.11. The summed E-state index contributed by atoms with van der Waals surface area (Å²) in [6.45, 7) is 4.44. The average Bonchev–Trinajstić information content (AvgIpc) is 2.30. The summed E-state index contributed by atoms with van der Waals surface area (Å²) in [7, 11) is 0. The van der Waals surface area contributed by atoms with Crippen molar-refractivity contribution >= 4 is 10.9 Å². The fourth-order valence-corrected chi connectivity index (χ4v) is 2.11. The van der Waals surface area contributed by atoms with Gasteiger partial charge in [0.25, 0.3) is 0 Å². The summed E-state index contributed by atoms with van der Waals surface area (Å²) < 4.78 is 0. The molecule has 0 amide bonds. The maximum atomic E-state index is 4.51. The summed E-state index contributed by atoms with van der Waals surface area (Å²) in [6.07, 6.45) is 5.31. The van der Waals surface area contributed by atoms with Crippen LogP contribution in [0.4, 0.5) is 0 Å². The second kappa shape index (κ2) is 4.43. The normalized spacial score (nSPS) is 10.8. The molecule has 0 spiro atoms. The minimum atomic E-state index is 1.10. The Bertz CT molecular complexity index is 460. The van der Waals surface area contributed by atoms with Gasteiger partial charge in [0.1, 0.15) is 0 Å². The lowest BCUT2D eigenvalue weighted by Crippen LogP contribution is -1.95. The molecule has 2 rings (SSSR count). The molecule has 0 atom stereocenters. The van der Waals surface area contributed by atoms with E-state index in [9.17, 15) is 0 Å². The highest BCUT2D eigenvalue weighted by atomic mass is 14.6. The Morgan fingerprint density at radius 1 is 1.13 bits per heavy atom. The van der Waals surface area contributed by atoms with Crippen molar-refractivity contribution < 1.29 is 0 Å². The van der Waals surface area contributed by atoms with E-state index in [0.717, 1.165) is 12.8 Å². The first-order valence-corrected chi connectivity index (χ1v) is 5.72. The fraction of sp³-hybridized carbons (Fsp3) is 0.357. The Morgan fingerprint density at radius 3 is 2.73 bits per heavy atom. The van der Waals surface area contributed by atoms with Crippen molar-refractivity contribution in [3.05, 3.63) is 41.6 Å². The molecule has 1 nitrogen and oxygen atoms in total. The quantitative estimate of drug-likeness (QED) is 0.733. The molecule has 0 aliphatic rings. The number of hydrogen-bond donors (Lipinski definition) is 0. The molecule has 0 radical (unpaired) electrons. The molecule has 0 aliphatic heterocycles. The van der Waals surface area contributed by atoms with Gasteiger partial charge in [0.2, 0.25) is 0 Å². The van der Waals surface area contributed by atoms with Gasteiger partial charge in [0.15, 0.2) is 0 Å². The monoisotopic (exact) mass is 199 g/mol. The van der Waals surface area contributed by atoms with Crippen LogP contribution in [-0.2, 0) is 12.8 Å². The molecular formula is C14H17N. The first kappa shape index (κ1) is 10.2. The maximum absolute atomic E-state index is 4.51. The Kier molecular flexibility index (Phi) is 3.00. The van der Waals surface area contributed by atoms with Gasteiger partial charge in [-0.3, -0.25) is 4.98 Å². The summed E-state index contributed by atoms with van der Waals surface area (Å²) in [5, 5.41) is 1.26. The molecular weight excluding hydrogens is 182 g/mol. The molecule has 1 heteroatoms. The van der Waals surface area contributed by atoms with Crippen LogP contribution in [-0.4, -0.2) is 4.98 Å². The maximum Gasteiger partial charge on any atom is 0.0736 e. The number of aryl methyl sites for hydroxylation is 2. The molecule has 0 aliphatic carbocycles.